The number of nitrogens with zero attached hydrogens (tertiary/aromatic N) is 6. The fourth-order valence-electron chi connectivity index (χ4n) is 7.06. The van der Waals surface area contributed by atoms with Crippen LogP contribution in [0.3, 0.4) is 0 Å². The molecule has 0 bridgehead atoms. The lowest BCUT2D eigenvalue weighted by Gasteiger charge is -2.42. The van der Waals surface area contributed by atoms with Crippen LogP contribution in [0.4, 0.5) is 0 Å². The number of nitrogens with one attached hydrogen (secondary N) is 1. The van der Waals surface area contributed by atoms with Crippen molar-refractivity contribution in [2.24, 2.45) is 0 Å². The second-order valence-corrected chi connectivity index (χ2v) is 12.2. The SMILES string of the molecule is Cc1cc(C)c2[nH]c(=O)c(C(c3nnnn3CC3CCCO3)N3CCN(C(c4ccccc4)c4ccccc4)CC3)cc2c1. The van der Waals surface area contributed by atoms with E-state index in [1.54, 1.807) is 0 Å². The summed E-state index contributed by atoms with van der Waals surface area (Å²) in [6, 6.07) is 27.5. The third-order valence-electron chi connectivity index (χ3n) is 9.13. The highest BCUT2D eigenvalue weighted by atomic mass is 16.5. The Balaban J connectivity index is 1.25. The van der Waals surface area contributed by atoms with Gasteiger partial charge in [-0.3, -0.25) is 14.6 Å². The predicted molar refractivity (Wildman–Crippen MR) is 171 cm³/mol. The van der Waals surface area contributed by atoms with Crippen molar-refractivity contribution in [1.82, 2.24) is 35.0 Å². The minimum absolute atomic E-state index is 0.0763. The lowest BCUT2D eigenvalue weighted by atomic mass is 9.96. The molecule has 7 rings (SSSR count). The zero-order chi connectivity index (χ0) is 30.0. The number of fused-ring (bicyclic) bond motifs is 1. The molecule has 2 fully saturated rings. The summed E-state index contributed by atoms with van der Waals surface area (Å²) in [7, 11) is 0. The van der Waals surface area contributed by atoms with Crippen molar-refractivity contribution in [1.29, 1.82) is 0 Å². The van der Waals surface area contributed by atoms with E-state index >= 15 is 0 Å². The summed E-state index contributed by atoms with van der Waals surface area (Å²) in [5.41, 5.74) is 6.22. The lowest BCUT2D eigenvalue weighted by molar-refractivity contribution is 0.0778. The van der Waals surface area contributed by atoms with Gasteiger partial charge in [0.05, 0.1) is 24.2 Å². The first-order valence-electron chi connectivity index (χ1n) is 15.6. The van der Waals surface area contributed by atoms with E-state index in [2.05, 4.69) is 110 Å². The van der Waals surface area contributed by atoms with Gasteiger partial charge in [0.2, 0.25) is 0 Å². The topological polar surface area (TPSA) is 92.2 Å². The van der Waals surface area contributed by atoms with E-state index in [1.807, 2.05) is 17.7 Å². The van der Waals surface area contributed by atoms with Crippen LogP contribution < -0.4 is 5.56 Å². The Labute approximate surface area is 257 Å². The molecule has 5 aromatic rings. The van der Waals surface area contributed by atoms with Gasteiger partial charge in [-0.25, -0.2) is 4.68 Å². The number of H-pyrrole nitrogens is 1. The zero-order valence-electron chi connectivity index (χ0n) is 25.4. The van der Waals surface area contributed by atoms with E-state index < -0.39 is 6.04 Å². The van der Waals surface area contributed by atoms with E-state index in [4.69, 9.17) is 4.74 Å². The van der Waals surface area contributed by atoms with Crippen molar-refractivity contribution in [2.75, 3.05) is 32.8 Å². The smallest absolute Gasteiger partial charge is 0.253 e. The molecule has 3 aromatic carbocycles. The van der Waals surface area contributed by atoms with E-state index in [0.717, 1.165) is 67.7 Å². The number of pyridine rings is 1. The van der Waals surface area contributed by atoms with Crippen LogP contribution >= 0.6 is 0 Å². The van der Waals surface area contributed by atoms with Crippen molar-refractivity contribution in [3.63, 3.8) is 0 Å². The van der Waals surface area contributed by atoms with Gasteiger partial charge in [-0.1, -0.05) is 72.3 Å². The number of aromatic nitrogens is 5. The van der Waals surface area contributed by atoms with Gasteiger partial charge >= 0.3 is 0 Å². The Bertz CT molecular complexity index is 1730. The maximum atomic E-state index is 13.9. The second kappa shape index (κ2) is 12.4. The Hall–Kier alpha value is -4.18. The van der Waals surface area contributed by atoms with Gasteiger partial charge in [0.25, 0.3) is 5.56 Å². The molecule has 2 unspecified atom stereocenters. The van der Waals surface area contributed by atoms with Gasteiger partial charge in [0.1, 0.15) is 6.04 Å². The molecule has 9 heteroatoms. The van der Waals surface area contributed by atoms with E-state index in [9.17, 15) is 4.79 Å². The number of rotatable bonds is 8. The van der Waals surface area contributed by atoms with Crippen LogP contribution in [0.2, 0.25) is 0 Å². The van der Waals surface area contributed by atoms with Crippen LogP contribution in [-0.4, -0.2) is 73.9 Å². The van der Waals surface area contributed by atoms with E-state index in [0.29, 0.717) is 17.9 Å². The summed E-state index contributed by atoms with van der Waals surface area (Å²) in [6.45, 7) is 8.67. The molecule has 2 aromatic heterocycles. The summed E-state index contributed by atoms with van der Waals surface area (Å²) in [5, 5.41) is 14.1. The zero-order valence-corrected chi connectivity index (χ0v) is 25.4. The highest BCUT2D eigenvalue weighted by Gasteiger charge is 2.35. The molecule has 2 atom stereocenters. The van der Waals surface area contributed by atoms with Gasteiger partial charge < -0.3 is 9.72 Å². The number of tetrazole rings is 1. The van der Waals surface area contributed by atoms with Crippen LogP contribution in [0.25, 0.3) is 10.9 Å². The Morgan fingerprint density at radius 1 is 0.886 bits per heavy atom. The summed E-state index contributed by atoms with van der Waals surface area (Å²) in [4.78, 5) is 22.0. The summed E-state index contributed by atoms with van der Waals surface area (Å²) >= 11 is 0. The normalized spacial score (nSPS) is 18.8. The summed E-state index contributed by atoms with van der Waals surface area (Å²) in [5.74, 6) is 0.686. The van der Waals surface area contributed by atoms with Crippen molar-refractivity contribution < 1.29 is 4.74 Å². The van der Waals surface area contributed by atoms with Crippen LogP contribution in [-0.2, 0) is 11.3 Å². The molecule has 0 saturated carbocycles. The van der Waals surface area contributed by atoms with Crippen molar-refractivity contribution in [3.8, 4) is 0 Å². The van der Waals surface area contributed by atoms with E-state index in [-0.39, 0.29) is 17.7 Å². The third-order valence-corrected chi connectivity index (χ3v) is 9.13. The molecule has 0 spiro atoms. The van der Waals surface area contributed by atoms with Gasteiger partial charge in [-0.15, -0.1) is 5.10 Å². The fourth-order valence-corrected chi connectivity index (χ4v) is 7.06. The molecule has 44 heavy (non-hydrogen) atoms. The maximum Gasteiger partial charge on any atom is 0.253 e. The van der Waals surface area contributed by atoms with Crippen molar-refractivity contribution in [2.45, 2.75) is 51.4 Å². The van der Waals surface area contributed by atoms with Crippen LogP contribution in [0.15, 0.2) is 83.7 Å². The average Bonchev–Trinajstić information content (AvgIpc) is 3.73. The lowest BCUT2D eigenvalue weighted by Crippen LogP contribution is -2.50. The predicted octanol–water partition coefficient (Wildman–Crippen LogP) is 4.81. The molecule has 0 radical (unpaired) electrons. The minimum atomic E-state index is -0.394. The van der Waals surface area contributed by atoms with Crippen molar-refractivity contribution in [3.05, 3.63) is 123 Å². The second-order valence-electron chi connectivity index (χ2n) is 12.2. The van der Waals surface area contributed by atoms with Gasteiger partial charge in [-0.2, -0.15) is 0 Å². The van der Waals surface area contributed by atoms with Gasteiger partial charge in [0, 0.05) is 38.3 Å². The van der Waals surface area contributed by atoms with E-state index in [1.165, 1.54) is 11.1 Å². The first kappa shape index (κ1) is 28.6. The Morgan fingerprint density at radius 2 is 1.55 bits per heavy atom. The Morgan fingerprint density at radius 3 is 2.18 bits per heavy atom. The third kappa shape index (κ3) is 5.70. The molecule has 2 aliphatic rings. The monoisotopic (exact) mass is 589 g/mol. The molecule has 4 heterocycles. The standard InChI is InChI=1S/C35H39N7O2/c1-24-20-25(2)31-28(21-24)22-30(35(43)36-31)33(34-37-38-39-42(34)23-29-14-9-19-44-29)41-17-15-40(16-18-41)32(26-10-5-3-6-11-26)27-12-7-4-8-13-27/h3-8,10-13,20-22,29,32-33H,9,14-19,23H2,1-2H3,(H,36,43). The average molecular weight is 590 g/mol. The maximum absolute atomic E-state index is 13.9. The first-order chi connectivity index (χ1) is 21.5. The Kier molecular flexibility index (Phi) is 8.08. The highest BCUT2D eigenvalue weighted by molar-refractivity contribution is 5.83. The quantitative estimate of drug-likeness (QED) is 0.278. The number of hydrogen-bond acceptors (Lipinski definition) is 7. The minimum Gasteiger partial charge on any atom is -0.376 e. The number of piperazine rings is 1. The van der Waals surface area contributed by atoms with Crippen LogP contribution in [0.1, 0.15) is 58.6 Å². The first-order valence-corrected chi connectivity index (χ1v) is 15.6. The molecule has 2 aliphatic heterocycles. The van der Waals surface area contributed by atoms with Gasteiger partial charge in [0.15, 0.2) is 5.82 Å². The van der Waals surface area contributed by atoms with Crippen LogP contribution in [0, 0.1) is 13.8 Å². The number of hydrogen-bond donors (Lipinski definition) is 1. The molecule has 9 nitrogen and oxygen atoms in total. The van der Waals surface area contributed by atoms with Crippen molar-refractivity contribution >= 4 is 10.9 Å². The molecule has 226 valence electrons. The summed E-state index contributed by atoms with van der Waals surface area (Å²) in [6.07, 6.45) is 2.10. The van der Waals surface area contributed by atoms with Crippen LogP contribution in [0.5, 0.6) is 0 Å². The molecule has 1 N–H and O–H groups in total. The number of ether oxygens (including phenoxy) is 1. The fraction of sp³-hybridized carbons (Fsp3) is 0.371. The molecule has 0 aliphatic carbocycles. The molecular weight excluding hydrogens is 550 g/mol. The van der Waals surface area contributed by atoms with Gasteiger partial charge in [-0.05, 0) is 71.3 Å². The number of aromatic amines is 1. The number of aryl methyl sites for hydroxylation is 2. The molecular formula is C35H39N7O2. The largest absolute Gasteiger partial charge is 0.376 e. The number of benzene rings is 3. The summed E-state index contributed by atoms with van der Waals surface area (Å²) < 4.78 is 7.80. The molecule has 2 saturated heterocycles. The highest BCUT2D eigenvalue weighted by Crippen LogP contribution is 2.33. The molecule has 0 amide bonds.